The van der Waals surface area contributed by atoms with E-state index >= 15 is 0 Å². The summed E-state index contributed by atoms with van der Waals surface area (Å²) in [5, 5.41) is 21.2. The highest BCUT2D eigenvalue weighted by Gasteiger charge is 2.14. The van der Waals surface area contributed by atoms with E-state index in [9.17, 15) is 10.2 Å². The second kappa shape index (κ2) is 56.4. The van der Waals surface area contributed by atoms with Crippen molar-refractivity contribution in [1.29, 1.82) is 0 Å². The van der Waals surface area contributed by atoms with Crippen LogP contribution in [0.4, 0.5) is 0 Å². The Bertz CT molecular complexity index is 1220. The first kappa shape index (κ1) is 71.2. The predicted octanol–water partition coefficient (Wildman–Crippen LogP) is 16.3. The Kier molecular flexibility index (Phi) is 54.9. The molecule has 5 unspecified atom stereocenters. The van der Waals surface area contributed by atoms with E-state index in [2.05, 4.69) is 129 Å². The molecule has 0 heterocycles. The van der Waals surface area contributed by atoms with Crippen LogP contribution >= 0.6 is 0 Å². The maximum atomic E-state index is 10.6. The second-order valence-corrected chi connectivity index (χ2v) is 22.4. The van der Waals surface area contributed by atoms with Crippen molar-refractivity contribution in [1.82, 2.24) is 14.7 Å². The Balaban J connectivity index is 5.02. The molecule has 0 radical (unpaired) electrons. The van der Waals surface area contributed by atoms with Crippen LogP contribution in [0.25, 0.3) is 0 Å². The average molecular weight is 1020 g/mol. The fraction of sp³-hybridized carbons (Fsp3) is 0.818. The van der Waals surface area contributed by atoms with Gasteiger partial charge in [0, 0.05) is 26.2 Å². The molecule has 428 valence electrons. The van der Waals surface area contributed by atoms with Gasteiger partial charge in [0.15, 0.2) is 0 Å². The quantitative estimate of drug-likeness (QED) is 0.0356. The van der Waals surface area contributed by atoms with Gasteiger partial charge >= 0.3 is 0 Å². The minimum Gasteiger partial charge on any atom is -0.390 e. The fourth-order valence-corrected chi connectivity index (χ4v) is 10.1. The van der Waals surface area contributed by atoms with E-state index < -0.39 is 12.2 Å². The molecule has 0 bridgehead atoms. The lowest BCUT2D eigenvalue weighted by atomic mass is 10.1. The molecule has 0 spiro atoms. The van der Waals surface area contributed by atoms with Gasteiger partial charge in [-0.2, -0.15) is 0 Å². The summed E-state index contributed by atoms with van der Waals surface area (Å²) >= 11 is 0. The third-order valence-corrected chi connectivity index (χ3v) is 14.6. The third-order valence-electron chi connectivity index (χ3n) is 14.6. The fourth-order valence-electron chi connectivity index (χ4n) is 10.1. The standard InChI is InChI=1S/C66H127N5O2/c1-7-45-62(4)48-37-31-25-19-13-10-16-22-28-34-40-51-69(54-43-56-70(60-65(72)58-67)52-41-35-29-23-17-11-14-20-26-32-38-49-63(5)46-8-2)55-44-57-71(61-66(73)59-68)53-42-36-30-24-18-12-15-21-27-33-39-50-64(6)47-9-3/h19-21,25-27,37-39,48-50,62-66,72-73H,7-18,22-24,28-36,40-47,51-61,67-68H2,1-6H3/b25-19-,26-20-,27-21-,48-37-,49-38-,50-39-. The normalized spacial score (nSPS) is 14.9. The molecule has 0 fully saturated rings. The molecule has 0 rings (SSSR count). The summed E-state index contributed by atoms with van der Waals surface area (Å²) in [7, 11) is 0. The second-order valence-electron chi connectivity index (χ2n) is 22.4. The van der Waals surface area contributed by atoms with Gasteiger partial charge in [-0.1, -0.05) is 211 Å². The molecule has 0 aromatic rings. The van der Waals surface area contributed by atoms with Crippen LogP contribution < -0.4 is 11.5 Å². The maximum Gasteiger partial charge on any atom is 0.0789 e. The van der Waals surface area contributed by atoms with Crippen molar-refractivity contribution in [2.75, 3.05) is 72.0 Å². The number of aliphatic hydroxyl groups excluding tert-OH is 2. The highest BCUT2D eigenvalue weighted by molar-refractivity contribution is 4.96. The van der Waals surface area contributed by atoms with E-state index in [-0.39, 0.29) is 0 Å². The van der Waals surface area contributed by atoms with E-state index in [4.69, 9.17) is 11.5 Å². The van der Waals surface area contributed by atoms with Gasteiger partial charge in [0.2, 0.25) is 0 Å². The van der Waals surface area contributed by atoms with Gasteiger partial charge in [-0.15, -0.1) is 0 Å². The maximum absolute atomic E-state index is 10.6. The van der Waals surface area contributed by atoms with Crippen LogP contribution in [0.1, 0.15) is 247 Å². The molecule has 0 aliphatic carbocycles. The van der Waals surface area contributed by atoms with Crippen LogP contribution in [0.3, 0.4) is 0 Å². The van der Waals surface area contributed by atoms with Crippen molar-refractivity contribution in [3.8, 4) is 0 Å². The molecule has 0 saturated carbocycles. The smallest absolute Gasteiger partial charge is 0.0789 e. The molecule has 7 nitrogen and oxygen atoms in total. The zero-order chi connectivity index (χ0) is 53.5. The van der Waals surface area contributed by atoms with Crippen molar-refractivity contribution in [3.05, 3.63) is 72.9 Å². The lowest BCUT2D eigenvalue weighted by Gasteiger charge is -2.29. The largest absolute Gasteiger partial charge is 0.390 e. The van der Waals surface area contributed by atoms with Crippen molar-refractivity contribution < 1.29 is 10.2 Å². The van der Waals surface area contributed by atoms with Crippen molar-refractivity contribution in [2.24, 2.45) is 29.2 Å². The van der Waals surface area contributed by atoms with Gasteiger partial charge in [0.25, 0.3) is 0 Å². The Labute approximate surface area is 456 Å². The summed E-state index contributed by atoms with van der Waals surface area (Å²) in [6.45, 7) is 23.2. The molecule has 0 aliphatic heterocycles. The van der Waals surface area contributed by atoms with E-state index in [1.165, 1.54) is 173 Å². The number of allylic oxidation sites excluding steroid dienone is 12. The molecule has 0 aliphatic rings. The van der Waals surface area contributed by atoms with Gasteiger partial charge < -0.3 is 36.4 Å². The number of nitrogens with zero attached hydrogens (tertiary/aromatic N) is 3. The van der Waals surface area contributed by atoms with E-state index in [0.717, 1.165) is 77.9 Å². The van der Waals surface area contributed by atoms with Crippen LogP contribution in [0.15, 0.2) is 72.9 Å². The average Bonchev–Trinajstić information content (AvgIpc) is 3.37. The van der Waals surface area contributed by atoms with Gasteiger partial charge in [0.1, 0.15) is 0 Å². The molecule has 0 saturated heterocycles. The minimum atomic E-state index is -0.462. The summed E-state index contributed by atoms with van der Waals surface area (Å²) in [6, 6.07) is 0. The molecular formula is C66H127N5O2. The Hall–Kier alpha value is -1.84. The summed E-state index contributed by atoms with van der Waals surface area (Å²) in [6.07, 6.45) is 67.2. The van der Waals surface area contributed by atoms with Crippen LogP contribution in [0.5, 0.6) is 0 Å². The first-order valence-corrected chi connectivity index (χ1v) is 31.6. The number of hydrogen-bond donors (Lipinski definition) is 4. The van der Waals surface area contributed by atoms with Crippen LogP contribution in [-0.2, 0) is 0 Å². The predicted molar refractivity (Wildman–Crippen MR) is 327 cm³/mol. The van der Waals surface area contributed by atoms with Gasteiger partial charge in [-0.05, 0) is 173 Å². The minimum absolute atomic E-state index is 0.322. The van der Waals surface area contributed by atoms with Gasteiger partial charge in [0.05, 0.1) is 12.2 Å². The van der Waals surface area contributed by atoms with Gasteiger partial charge in [-0.25, -0.2) is 0 Å². The monoisotopic (exact) mass is 1020 g/mol. The Morgan fingerprint density at radius 3 is 0.890 bits per heavy atom. The van der Waals surface area contributed by atoms with E-state index in [1.807, 2.05) is 0 Å². The molecule has 6 N–H and O–H groups in total. The Morgan fingerprint density at radius 2 is 0.589 bits per heavy atom. The van der Waals surface area contributed by atoms with Crippen LogP contribution in [0.2, 0.25) is 0 Å². The number of aliphatic hydroxyl groups is 2. The molecule has 73 heavy (non-hydrogen) atoms. The molecule has 0 aromatic carbocycles. The lowest BCUT2D eigenvalue weighted by molar-refractivity contribution is 0.109. The zero-order valence-corrected chi connectivity index (χ0v) is 49.6. The number of unbranched alkanes of at least 4 members (excludes halogenated alkanes) is 18. The highest BCUT2D eigenvalue weighted by Crippen LogP contribution is 2.15. The highest BCUT2D eigenvalue weighted by atomic mass is 16.3. The Morgan fingerprint density at radius 1 is 0.329 bits per heavy atom. The zero-order valence-electron chi connectivity index (χ0n) is 49.6. The SMILES string of the molecule is CCCC(C)/C=C\C/C=C\CCCCCCCCN(CCCN(CCCCCCCC/C=C\C/C=C\C(C)CCC)CC(O)CN)CCCN(CCCCCCCC/C=C\C/C=C\C(C)CCC)CC(O)CN. The van der Waals surface area contributed by atoms with Crippen molar-refractivity contribution >= 4 is 0 Å². The molecular weight excluding hydrogens is 895 g/mol. The van der Waals surface area contributed by atoms with Crippen molar-refractivity contribution in [2.45, 2.75) is 259 Å². The number of hydrogen-bond acceptors (Lipinski definition) is 7. The number of nitrogens with two attached hydrogens (primary N) is 2. The molecule has 0 aromatic heterocycles. The summed E-state index contributed by atoms with van der Waals surface area (Å²) < 4.78 is 0. The summed E-state index contributed by atoms with van der Waals surface area (Å²) in [5.74, 6) is 2.10. The van der Waals surface area contributed by atoms with Crippen molar-refractivity contribution in [3.63, 3.8) is 0 Å². The third kappa shape index (κ3) is 52.0. The first-order valence-electron chi connectivity index (χ1n) is 31.6. The van der Waals surface area contributed by atoms with Gasteiger partial charge in [-0.3, -0.25) is 0 Å². The van der Waals surface area contributed by atoms with E-state index in [1.54, 1.807) is 0 Å². The topological polar surface area (TPSA) is 102 Å². The summed E-state index contributed by atoms with van der Waals surface area (Å²) in [5.41, 5.74) is 11.9. The van der Waals surface area contributed by atoms with Crippen LogP contribution in [-0.4, -0.2) is 109 Å². The molecule has 7 heteroatoms. The number of rotatable bonds is 56. The van der Waals surface area contributed by atoms with Crippen LogP contribution in [0, 0.1) is 17.8 Å². The lowest BCUT2D eigenvalue weighted by Crippen LogP contribution is -2.40. The molecule has 0 amide bonds. The van der Waals surface area contributed by atoms with E-state index in [0.29, 0.717) is 43.9 Å². The summed E-state index contributed by atoms with van der Waals surface area (Å²) in [4.78, 5) is 7.69. The first-order chi connectivity index (χ1) is 35.7. The molecule has 5 atom stereocenters.